The molecule has 2 N–H and O–H groups in total. The Kier molecular flexibility index (Phi) is 3.19. The summed E-state index contributed by atoms with van der Waals surface area (Å²) in [5.41, 5.74) is 2.56. The zero-order chi connectivity index (χ0) is 13.3. The van der Waals surface area contributed by atoms with E-state index in [4.69, 9.17) is 4.74 Å². The fourth-order valence-corrected chi connectivity index (χ4v) is 3.37. The molecule has 1 fully saturated rings. The van der Waals surface area contributed by atoms with E-state index in [-0.39, 0.29) is 17.4 Å². The molecular weight excluding hydrogens is 240 g/mol. The van der Waals surface area contributed by atoms with E-state index >= 15 is 0 Å². The molecule has 2 heterocycles. The molecule has 3 rings (SSSR count). The van der Waals surface area contributed by atoms with Crippen LogP contribution in [-0.2, 0) is 9.53 Å². The van der Waals surface area contributed by atoms with Gasteiger partial charge in [0.25, 0.3) is 0 Å². The van der Waals surface area contributed by atoms with Crippen molar-refractivity contribution < 1.29 is 9.53 Å². The average molecular weight is 260 g/mol. The van der Waals surface area contributed by atoms with Gasteiger partial charge in [0.1, 0.15) is 6.04 Å². The van der Waals surface area contributed by atoms with Crippen LogP contribution in [0.25, 0.3) is 0 Å². The van der Waals surface area contributed by atoms with Crippen molar-refractivity contribution in [2.45, 2.75) is 25.8 Å². The van der Waals surface area contributed by atoms with Crippen LogP contribution in [0.3, 0.4) is 0 Å². The number of carbonyl (C=O) groups excluding carboxylic acids is 1. The van der Waals surface area contributed by atoms with Crippen molar-refractivity contribution in [3.05, 3.63) is 35.6 Å². The molecule has 1 saturated heterocycles. The summed E-state index contributed by atoms with van der Waals surface area (Å²) < 4.78 is 5.18. The lowest BCUT2D eigenvalue weighted by molar-refractivity contribution is -0.146. The topological polar surface area (TPSA) is 50.4 Å². The van der Waals surface area contributed by atoms with Gasteiger partial charge < -0.3 is 15.4 Å². The van der Waals surface area contributed by atoms with E-state index in [0.29, 0.717) is 6.61 Å². The summed E-state index contributed by atoms with van der Waals surface area (Å²) in [4.78, 5) is 12.0. The number of carbonyl (C=O) groups is 1. The molecular formula is C15H20N2O2. The molecule has 4 nitrogen and oxygen atoms in total. The van der Waals surface area contributed by atoms with Gasteiger partial charge in [-0.1, -0.05) is 18.2 Å². The van der Waals surface area contributed by atoms with E-state index < -0.39 is 0 Å². The fraction of sp³-hybridized carbons (Fsp3) is 0.533. The lowest BCUT2D eigenvalue weighted by atomic mass is 9.70. The van der Waals surface area contributed by atoms with Crippen LogP contribution in [0.5, 0.6) is 0 Å². The van der Waals surface area contributed by atoms with Crippen molar-refractivity contribution >= 4 is 5.97 Å². The van der Waals surface area contributed by atoms with Gasteiger partial charge in [0.2, 0.25) is 0 Å². The maximum Gasteiger partial charge on any atom is 0.323 e. The average Bonchev–Trinajstić information content (AvgIpc) is 2.72. The first-order valence-electron chi connectivity index (χ1n) is 6.99. The highest BCUT2D eigenvalue weighted by Gasteiger charge is 2.45. The summed E-state index contributed by atoms with van der Waals surface area (Å²) in [5, 5.41) is 6.75. The van der Waals surface area contributed by atoms with E-state index in [9.17, 15) is 4.79 Å². The Balaban J connectivity index is 1.90. The quantitative estimate of drug-likeness (QED) is 0.734. The lowest BCUT2D eigenvalue weighted by Gasteiger charge is -2.34. The van der Waals surface area contributed by atoms with Gasteiger partial charge in [-0.25, -0.2) is 0 Å². The second-order valence-corrected chi connectivity index (χ2v) is 5.27. The maximum atomic E-state index is 12.0. The van der Waals surface area contributed by atoms with Gasteiger partial charge in [-0.2, -0.15) is 0 Å². The van der Waals surface area contributed by atoms with Crippen LogP contribution in [0.15, 0.2) is 35.6 Å². The van der Waals surface area contributed by atoms with E-state index in [1.165, 1.54) is 11.3 Å². The summed E-state index contributed by atoms with van der Waals surface area (Å²) >= 11 is 0. The number of allylic oxidation sites excluding steroid dienone is 4. The number of hydrogen-bond acceptors (Lipinski definition) is 4. The molecule has 0 bridgehead atoms. The van der Waals surface area contributed by atoms with Crippen molar-refractivity contribution in [2.75, 3.05) is 19.7 Å². The Labute approximate surface area is 113 Å². The molecule has 4 heteroatoms. The van der Waals surface area contributed by atoms with Crippen LogP contribution in [0, 0.1) is 5.41 Å². The normalized spacial score (nSPS) is 32.4. The third-order valence-corrected chi connectivity index (χ3v) is 4.28. The molecule has 0 aromatic rings. The first-order valence-corrected chi connectivity index (χ1v) is 6.99. The Morgan fingerprint density at radius 1 is 1.58 bits per heavy atom. The molecule has 1 aliphatic carbocycles. The van der Waals surface area contributed by atoms with E-state index in [2.05, 4.69) is 34.9 Å². The summed E-state index contributed by atoms with van der Waals surface area (Å²) in [6.45, 7) is 3.98. The molecule has 0 saturated carbocycles. The zero-order valence-corrected chi connectivity index (χ0v) is 11.2. The standard InChI is InChI=1S/C15H20N2O2/c1-2-19-14(18)12-10-15-7-9-17-13(15)5-3-4-11(15)6-8-16-12/h3-6,12,16-17H,2,7-10H2,1H3. The van der Waals surface area contributed by atoms with E-state index in [0.717, 1.165) is 25.9 Å². The van der Waals surface area contributed by atoms with Crippen molar-refractivity contribution in [2.24, 2.45) is 5.41 Å². The molecule has 2 unspecified atom stereocenters. The third-order valence-electron chi connectivity index (χ3n) is 4.28. The van der Waals surface area contributed by atoms with Crippen molar-refractivity contribution in [3.63, 3.8) is 0 Å². The fourth-order valence-electron chi connectivity index (χ4n) is 3.37. The highest BCUT2D eigenvalue weighted by atomic mass is 16.5. The molecule has 0 aromatic heterocycles. The minimum atomic E-state index is -0.219. The third kappa shape index (κ3) is 2.00. The summed E-state index contributed by atoms with van der Waals surface area (Å²) in [7, 11) is 0. The van der Waals surface area contributed by atoms with Crippen LogP contribution in [-0.4, -0.2) is 31.7 Å². The lowest BCUT2D eigenvalue weighted by Crippen LogP contribution is -2.41. The molecule has 0 radical (unpaired) electrons. The highest BCUT2D eigenvalue weighted by molar-refractivity contribution is 5.76. The summed E-state index contributed by atoms with van der Waals surface area (Å²) in [6, 6.07) is -0.219. The van der Waals surface area contributed by atoms with Gasteiger partial charge in [-0.3, -0.25) is 4.79 Å². The number of ether oxygens (including phenoxy) is 1. The first kappa shape index (κ1) is 12.5. The first-order chi connectivity index (χ1) is 9.26. The molecule has 2 atom stereocenters. The number of hydrogen-bond donors (Lipinski definition) is 2. The Hall–Kier alpha value is -1.55. The second kappa shape index (κ2) is 4.85. The number of nitrogens with one attached hydrogen (secondary N) is 2. The zero-order valence-electron chi connectivity index (χ0n) is 11.2. The Bertz CT molecular complexity index is 479. The van der Waals surface area contributed by atoms with Crippen LogP contribution >= 0.6 is 0 Å². The van der Waals surface area contributed by atoms with Gasteiger partial charge in [-0.05, 0) is 31.4 Å². The van der Waals surface area contributed by atoms with Gasteiger partial charge in [0.05, 0.1) is 6.61 Å². The van der Waals surface area contributed by atoms with Gasteiger partial charge >= 0.3 is 5.97 Å². The Morgan fingerprint density at radius 2 is 2.47 bits per heavy atom. The van der Waals surface area contributed by atoms with Crippen LogP contribution in [0.2, 0.25) is 0 Å². The summed E-state index contributed by atoms with van der Waals surface area (Å²) in [5.74, 6) is -0.132. The van der Waals surface area contributed by atoms with Gasteiger partial charge in [-0.15, -0.1) is 0 Å². The number of rotatable bonds is 2. The van der Waals surface area contributed by atoms with Crippen LogP contribution < -0.4 is 10.6 Å². The molecule has 0 amide bonds. The van der Waals surface area contributed by atoms with Crippen LogP contribution in [0.1, 0.15) is 19.8 Å². The molecule has 0 aromatic carbocycles. The van der Waals surface area contributed by atoms with Gasteiger partial charge in [0, 0.05) is 24.2 Å². The molecule has 3 aliphatic rings. The van der Waals surface area contributed by atoms with Crippen molar-refractivity contribution in [1.82, 2.24) is 10.6 Å². The summed E-state index contributed by atoms with van der Waals surface area (Å²) in [6.07, 6.45) is 10.4. The predicted molar refractivity (Wildman–Crippen MR) is 73.4 cm³/mol. The minimum absolute atomic E-state index is 0.0182. The van der Waals surface area contributed by atoms with Crippen molar-refractivity contribution in [1.29, 1.82) is 0 Å². The van der Waals surface area contributed by atoms with Gasteiger partial charge in [0.15, 0.2) is 0 Å². The van der Waals surface area contributed by atoms with Crippen molar-refractivity contribution in [3.8, 4) is 0 Å². The highest BCUT2D eigenvalue weighted by Crippen LogP contribution is 2.48. The SMILES string of the molecule is CCOC(=O)C1CC23CCNC2=CC=CC3=CCN1. The number of esters is 1. The Morgan fingerprint density at radius 3 is 3.32 bits per heavy atom. The smallest absolute Gasteiger partial charge is 0.323 e. The maximum absolute atomic E-state index is 12.0. The second-order valence-electron chi connectivity index (χ2n) is 5.27. The monoisotopic (exact) mass is 260 g/mol. The molecule has 2 aliphatic heterocycles. The minimum Gasteiger partial charge on any atom is -0.465 e. The van der Waals surface area contributed by atoms with E-state index in [1.54, 1.807) is 0 Å². The van der Waals surface area contributed by atoms with Crippen LogP contribution in [0.4, 0.5) is 0 Å². The molecule has 102 valence electrons. The predicted octanol–water partition coefficient (Wildman–Crippen LogP) is 1.27. The molecule has 1 spiro atoms. The van der Waals surface area contributed by atoms with E-state index in [1.807, 2.05) is 6.92 Å². The molecule has 19 heavy (non-hydrogen) atoms. The largest absolute Gasteiger partial charge is 0.465 e.